The first-order chi connectivity index (χ1) is 6.26. The number of urea groups is 1. The van der Waals surface area contributed by atoms with E-state index in [4.69, 9.17) is 4.74 Å². The van der Waals surface area contributed by atoms with Crippen LogP contribution >= 0.6 is 0 Å². The Kier molecular flexibility index (Phi) is 4.40. The molecule has 14 heavy (non-hydrogen) atoms. The maximum absolute atomic E-state index is 11.3. The van der Waals surface area contributed by atoms with E-state index in [0.717, 1.165) is 0 Å². The lowest BCUT2D eigenvalue weighted by atomic mass is 10.2. The van der Waals surface area contributed by atoms with E-state index >= 15 is 0 Å². The second-order valence-corrected chi connectivity index (χ2v) is 3.98. The summed E-state index contributed by atoms with van der Waals surface area (Å²) in [6.07, 6.45) is 0. The van der Waals surface area contributed by atoms with E-state index in [1.165, 1.54) is 7.05 Å². The second kappa shape index (κ2) is 4.83. The first-order valence-electron chi connectivity index (χ1n) is 4.47. The molecule has 0 aliphatic rings. The molecule has 0 rings (SSSR count). The van der Waals surface area contributed by atoms with Crippen molar-refractivity contribution >= 4 is 12.0 Å². The maximum atomic E-state index is 11.3. The summed E-state index contributed by atoms with van der Waals surface area (Å²) in [7, 11) is 1.48. The molecule has 0 unspecified atom stereocenters. The van der Waals surface area contributed by atoms with Crippen LogP contribution in [-0.2, 0) is 9.53 Å². The molecule has 0 radical (unpaired) electrons. The number of carbonyl (C=O) groups excluding carboxylic acids is 2. The fraction of sp³-hybridized carbons (Fsp3) is 0.778. The third-order valence-electron chi connectivity index (χ3n) is 1.33. The number of ether oxygens (including phenoxy) is 1. The van der Waals surface area contributed by atoms with Gasteiger partial charge in [-0.05, 0) is 27.7 Å². The van der Waals surface area contributed by atoms with Crippen LogP contribution in [0.5, 0.6) is 0 Å². The lowest BCUT2D eigenvalue weighted by Crippen LogP contribution is -2.45. The van der Waals surface area contributed by atoms with Gasteiger partial charge in [0, 0.05) is 7.05 Å². The van der Waals surface area contributed by atoms with Gasteiger partial charge in [-0.15, -0.1) is 0 Å². The maximum Gasteiger partial charge on any atom is 0.328 e. The molecule has 0 aromatic carbocycles. The van der Waals surface area contributed by atoms with Crippen molar-refractivity contribution in [3.05, 3.63) is 0 Å². The van der Waals surface area contributed by atoms with E-state index in [9.17, 15) is 9.59 Å². The highest BCUT2D eigenvalue weighted by molar-refractivity contribution is 5.83. The van der Waals surface area contributed by atoms with E-state index in [2.05, 4.69) is 10.6 Å². The SMILES string of the molecule is CNC(=O)N[C@@H](C)C(=O)OC(C)(C)C. The Morgan fingerprint density at radius 1 is 1.29 bits per heavy atom. The van der Waals surface area contributed by atoms with Crippen LogP contribution in [0.3, 0.4) is 0 Å². The summed E-state index contributed by atoms with van der Waals surface area (Å²) in [5.41, 5.74) is -0.532. The van der Waals surface area contributed by atoms with Crippen molar-refractivity contribution < 1.29 is 14.3 Å². The molecule has 0 heterocycles. The fourth-order valence-corrected chi connectivity index (χ4v) is 0.718. The highest BCUT2D eigenvalue weighted by Gasteiger charge is 2.22. The Morgan fingerprint density at radius 3 is 2.14 bits per heavy atom. The van der Waals surface area contributed by atoms with Crippen molar-refractivity contribution in [1.82, 2.24) is 10.6 Å². The number of hydrogen-bond donors (Lipinski definition) is 2. The zero-order chi connectivity index (χ0) is 11.4. The number of esters is 1. The molecular weight excluding hydrogens is 184 g/mol. The molecule has 0 aromatic heterocycles. The van der Waals surface area contributed by atoms with Crippen LogP contribution in [0.2, 0.25) is 0 Å². The van der Waals surface area contributed by atoms with Gasteiger partial charge in [-0.2, -0.15) is 0 Å². The van der Waals surface area contributed by atoms with Gasteiger partial charge in [-0.1, -0.05) is 0 Å². The minimum Gasteiger partial charge on any atom is -0.458 e. The molecule has 0 aromatic rings. The molecule has 0 spiro atoms. The van der Waals surface area contributed by atoms with Crippen LogP contribution in [0.15, 0.2) is 0 Å². The second-order valence-electron chi connectivity index (χ2n) is 3.98. The van der Waals surface area contributed by atoms with Gasteiger partial charge in [-0.3, -0.25) is 0 Å². The lowest BCUT2D eigenvalue weighted by molar-refractivity contribution is -0.156. The monoisotopic (exact) mass is 202 g/mol. The molecule has 2 amide bonds. The minimum absolute atomic E-state index is 0.400. The molecule has 0 bridgehead atoms. The average Bonchev–Trinajstić information content (AvgIpc) is 2.00. The number of amides is 2. The molecule has 1 atom stereocenters. The predicted octanol–water partition coefficient (Wildman–Crippen LogP) is 0.646. The summed E-state index contributed by atoms with van der Waals surface area (Å²) in [6.45, 7) is 6.90. The highest BCUT2D eigenvalue weighted by Crippen LogP contribution is 2.08. The van der Waals surface area contributed by atoms with Crippen LogP contribution in [-0.4, -0.2) is 30.7 Å². The van der Waals surface area contributed by atoms with Crippen LogP contribution in [0.1, 0.15) is 27.7 Å². The molecule has 0 saturated heterocycles. The largest absolute Gasteiger partial charge is 0.458 e. The van der Waals surface area contributed by atoms with Crippen LogP contribution < -0.4 is 10.6 Å². The van der Waals surface area contributed by atoms with Crippen molar-refractivity contribution in [3.63, 3.8) is 0 Å². The molecule has 0 aliphatic heterocycles. The lowest BCUT2D eigenvalue weighted by Gasteiger charge is -2.22. The van der Waals surface area contributed by atoms with Gasteiger partial charge in [0.1, 0.15) is 11.6 Å². The van der Waals surface area contributed by atoms with Gasteiger partial charge in [0.05, 0.1) is 0 Å². The first kappa shape index (κ1) is 12.7. The number of nitrogens with one attached hydrogen (secondary N) is 2. The predicted molar refractivity (Wildman–Crippen MR) is 52.9 cm³/mol. The van der Waals surface area contributed by atoms with Crippen molar-refractivity contribution in [2.24, 2.45) is 0 Å². The van der Waals surface area contributed by atoms with Gasteiger partial charge in [-0.25, -0.2) is 9.59 Å². The Labute approximate surface area is 84.2 Å². The fourth-order valence-electron chi connectivity index (χ4n) is 0.718. The zero-order valence-corrected chi connectivity index (χ0v) is 9.30. The Bertz CT molecular complexity index is 221. The van der Waals surface area contributed by atoms with Crippen LogP contribution in [0.4, 0.5) is 4.79 Å². The summed E-state index contributed by atoms with van der Waals surface area (Å²) in [6, 6.07) is -1.04. The normalized spacial score (nSPS) is 12.9. The summed E-state index contributed by atoms with van der Waals surface area (Å²) < 4.78 is 5.06. The van der Waals surface area contributed by atoms with E-state index in [-0.39, 0.29) is 0 Å². The summed E-state index contributed by atoms with van der Waals surface area (Å²) >= 11 is 0. The molecule has 0 saturated carbocycles. The van der Waals surface area contributed by atoms with Gasteiger partial charge >= 0.3 is 12.0 Å². The molecular formula is C9H18N2O3. The van der Waals surface area contributed by atoms with Gasteiger partial charge in [0.15, 0.2) is 0 Å². The molecule has 0 fully saturated rings. The van der Waals surface area contributed by atoms with Crippen molar-refractivity contribution in [1.29, 1.82) is 0 Å². The molecule has 5 nitrogen and oxygen atoms in total. The molecule has 5 heteroatoms. The molecule has 2 N–H and O–H groups in total. The summed E-state index contributed by atoms with van der Waals surface area (Å²) in [4.78, 5) is 22.2. The quantitative estimate of drug-likeness (QED) is 0.646. The van der Waals surface area contributed by atoms with E-state index in [0.29, 0.717) is 0 Å². The highest BCUT2D eigenvalue weighted by atomic mass is 16.6. The molecule has 82 valence electrons. The van der Waals surface area contributed by atoms with Crippen molar-refractivity contribution in [2.75, 3.05) is 7.05 Å². The van der Waals surface area contributed by atoms with Crippen molar-refractivity contribution in [2.45, 2.75) is 39.3 Å². The van der Waals surface area contributed by atoms with Gasteiger partial charge < -0.3 is 15.4 Å². The Hall–Kier alpha value is -1.26. The molecule has 0 aliphatic carbocycles. The van der Waals surface area contributed by atoms with E-state index in [1.54, 1.807) is 27.7 Å². The third-order valence-corrected chi connectivity index (χ3v) is 1.33. The van der Waals surface area contributed by atoms with Crippen LogP contribution in [0, 0.1) is 0 Å². The first-order valence-corrected chi connectivity index (χ1v) is 4.47. The van der Waals surface area contributed by atoms with Crippen LogP contribution in [0.25, 0.3) is 0 Å². The third kappa shape index (κ3) is 5.40. The Morgan fingerprint density at radius 2 is 1.79 bits per heavy atom. The number of hydrogen-bond acceptors (Lipinski definition) is 3. The zero-order valence-electron chi connectivity index (χ0n) is 9.30. The van der Waals surface area contributed by atoms with Gasteiger partial charge in [0.2, 0.25) is 0 Å². The topological polar surface area (TPSA) is 67.4 Å². The average molecular weight is 202 g/mol. The van der Waals surface area contributed by atoms with E-state index < -0.39 is 23.6 Å². The van der Waals surface area contributed by atoms with E-state index in [1.807, 2.05) is 0 Å². The summed E-state index contributed by atoms with van der Waals surface area (Å²) in [5, 5.41) is 4.78. The number of rotatable bonds is 2. The smallest absolute Gasteiger partial charge is 0.328 e. The standard InChI is InChI=1S/C9H18N2O3/c1-6(11-8(13)10-5)7(12)14-9(2,3)4/h6H,1-5H3,(H2,10,11,13)/t6-/m0/s1. The summed E-state index contributed by atoms with van der Waals surface area (Å²) in [5.74, 6) is -0.443. The van der Waals surface area contributed by atoms with Crippen molar-refractivity contribution in [3.8, 4) is 0 Å². The van der Waals surface area contributed by atoms with Gasteiger partial charge in [0.25, 0.3) is 0 Å². The Balaban J connectivity index is 4.07. The number of carbonyl (C=O) groups is 2. The minimum atomic E-state index is -0.644.